The number of rotatable bonds is 3. The van der Waals surface area contributed by atoms with Gasteiger partial charge in [0.15, 0.2) is 10.1 Å². The molecule has 0 amide bonds. The van der Waals surface area contributed by atoms with E-state index in [9.17, 15) is 44.1 Å². The maximum absolute atomic E-state index is 13.1. The van der Waals surface area contributed by atoms with Gasteiger partial charge in [0, 0.05) is 0 Å². The van der Waals surface area contributed by atoms with Gasteiger partial charge in [-0.2, -0.15) is 26.3 Å². The Morgan fingerprint density at radius 1 is 0.885 bits per heavy atom. The predicted molar refractivity (Wildman–Crippen MR) is 71.2 cm³/mol. The first-order valence-corrected chi connectivity index (χ1v) is 9.34. The summed E-state index contributed by atoms with van der Waals surface area (Å²) in [4.78, 5) is 6.32. The number of hydrogen-bond acceptors (Lipinski definition) is 5. The third kappa shape index (κ3) is 2.71. The van der Waals surface area contributed by atoms with Crippen molar-refractivity contribution in [2.24, 2.45) is 23.2 Å². The van der Waals surface area contributed by atoms with E-state index < -0.39 is 38.8 Å². The highest BCUT2D eigenvalue weighted by Crippen LogP contribution is 2.61. The largest absolute Gasteiger partial charge is 0.744 e. The molecule has 0 aromatic heterocycles. The molecule has 0 unspecified atom stereocenters. The highest BCUT2D eigenvalue weighted by molar-refractivity contribution is 7.87. The minimum absolute atomic E-state index is 0.0242. The van der Waals surface area contributed by atoms with Crippen molar-refractivity contribution in [2.45, 2.75) is 55.8 Å². The minimum atomic E-state index is -7.15. The molecule has 4 saturated carbocycles. The summed E-state index contributed by atoms with van der Waals surface area (Å²) in [6, 6.07) is 0. The third-order valence-corrected chi connectivity index (χ3v) is 7.06. The summed E-state index contributed by atoms with van der Waals surface area (Å²) >= 11 is 0. The van der Waals surface area contributed by atoms with Gasteiger partial charge in [0.2, 0.25) is 0 Å². The van der Waals surface area contributed by atoms with Crippen LogP contribution in [0, 0.1) is 23.2 Å². The molecule has 0 heterocycles. The molecule has 0 saturated heterocycles. The van der Waals surface area contributed by atoms with Crippen molar-refractivity contribution < 1.29 is 48.8 Å². The molecule has 0 radical (unpaired) electrons. The standard InChI is InChI=1S/C14H16F6O5S/c15-13(16,17)12(14(18,19)20,26(22,23)24)25-10(21)11-4-7-1-8(5-11)3-9(2-7)6-11/h7-9H,1-6H2,(H,22,23,24)/p-1. The molecule has 0 aromatic rings. The Morgan fingerprint density at radius 2 is 1.23 bits per heavy atom. The Balaban J connectivity index is 2.02. The first-order chi connectivity index (χ1) is 11.6. The van der Waals surface area contributed by atoms with Crippen LogP contribution in [-0.4, -0.2) is 36.2 Å². The Bertz CT molecular complexity index is 661. The van der Waals surface area contributed by atoms with Gasteiger partial charge in [-0.3, -0.25) is 4.79 Å². The maximum atomic E-state index is 13.1. The fraction of sp³-hybridized carbons (Fsp3) is 0.929. The van der Waals surface area contributed by atoms with Gasteiger partial charge < -0.3 is 9.29 Å². The molecule has 4 rings (SSSR count). The lowest BCUT2D eigenvalue weighted by Crippen LogP contribution is -2.66. The van der Waals surface area contributed by atoms with Gasteiger partial charge in [-0.25, -0.2) is 8.42 Å². The fourth-order valence-corrected chi connectivity index (χ4v) is 5.96. The smallest absolute Gasteiger partial charge is 0.452 e. The number of halogens is 6. The average molecular weight is 409 g/mol. The molecule has 4 bridgehead atoms. The Hall–Kier alpha value is -1.04. The van der Waals surface area contributed by atoms with Crippen molar-refractivity contribution >= 4 is 16.1 Å². The van der Waals surface area contributed by atoms with Gasteiger partial charge in [0.1, 0.15) is 0 Å². The Kier molecular flexibility index (Phi) is 4.16. The van der Waals surface area contributed by atoms with Crippen LogP contribution in [0.4, 0.5) is 26.3 Å². The van der Waals surface area contributed by atoms with Gasteiger partial charge in [-0.1, -0.05) is 0 Å². The van der Waals surface area contributed by atoms with E-state index in [0.717, 1.165) is 19.3 Å². The summed E-state index contributed by atoms with van der Waals surface area (Å²) in [5.41, 5.74) is -1.60. The second-order valence-corrected chi connectivity index (χ2v) is 9.14. The highest BCUT2D eigenvalue weighted by Gasteiger charge is 2.80. The van der Waals surface area contributed by atoms with Crippen molar-refractivity contribution in [1.82, 2.24) is 0 Å². The predicted octanol–water partition coefficient (Wildman–Crippen LogP) is 3.11. The molecule has 0 atom stereocenters. The number of alkyl halides is 6. The van der Waals surface area contributed by atoms with E-state index in [2.05, 4.69) is 4.74 Å². The third-order valence-electron chi connectivity index (χ3n) is 5.81. The van der Waals surface area contributed by atoms with Gasteiger partial charge in [-0.05, 0) is 56.3 Å². The van der Waals surface area contributed by atoms with Crippen LogP contribution in [0.3, 0.4) is 0 Å². The normalized spacial score (nSPS) is 34.8. The Labute approximate surface area is 144 Å². The molecular formula is C14H15F6O5S-. The van der Waals surface area contributed by atoms with Crippen LogP contribution in [0.5, 0.6) is 0 Å². The van der Waals surface area contributed by atoms with Gasteiger partial charge in [0.25, 0.3) is 0 Å². The quantitative estimate of drug-likeness (QED) is 0.406. The molecule has 4 aliphatic carbocycles. The number of esters is 1. The fourth-order valence-electron chi connectivity index (χ4n) is 5.21. The van der Waals surface area contributed by atoms with Crippen molar-refractivity contribution in [1.29, 1.82) is 0 Å². The van der Waals surface area contributed by atoms with Crippen LogP contribution in [0.25, 0.3) is 0 Å². The van der Waals surface area contributed by atoms with E-state index >= 15 is 0 Å². The summed E-state index contributed by atoms with van der Waals surface area (Å²) < 4.78 is 115. The van der Waals surface area contributed by atoms with Gasteiger partial charge >= 0.3 is 23.3 Å². The van der Waals surface area contributed by atoms with Crippen LogP contribution in [0.1, 0.15) is 38.5 Å². The molecule has 0 aromatic carbocycles. The van der Waals surface area contributed by atoms with E-state index in [-0.39, 0.29) is 37.0 Å². The number of ether oxygens (including phenoxy) is 1. The highest BCUT2D eigenvalue weighted by atomic mass is 32.2. The summed E-state index contributed by atoms with van der Waals surface area (Å²) in [5, 5.41) is 0. The lowest BCUT2D eigenvalue weighted by Gasteiger charge is -2.55. The summed E-state index contributed by atoms with van der Waals surface area (Å²) in [6.45, 7) is 0. The second kappa shape index (κ2) is 5.49. The zero-order chi connectivity index (χ0) is 19.8. The number of carbonyl (C=O) groups is 1. The molecular weight excluding hydrogens is 394 g/mol. The zero-order valence-corrected chi connectivity index (χ0v) is 14.0. The average Bonchev–Trinajstić information content (AvgIpc) is 2.38. The van der Waals surface area contributed by atoms with Crippen molar-refractivity contribution in [2.75, 3.05) is 0 Å². The van der Waals surface area contributed by atoms with Crippen molar-refractivity contribution in [3.63, 3.8) is 0 Å². The molecule has 0 spiro atoms. The Morgan fingerprint density at radius 3 is 1.50 bits per heavy atom. The molecule has 4 fully saturated rings. The topological polar surface area (TPSA) is 83.5 Å². The number of carbonyl (C=O) groups excluding carboxylic acids is 1. The molecule has 4 aliphatic rings. The molecule has 0 N–H and O–H groups in total. The van der Waals surface area contributed by atoms with Crippen molar-refractivity contribution in [3.8, 4) is 0 Å². The maximum Gasteiger partial charge on any atom is 0.452 e. The SMILES string of the molecule is O=C(OC(C(F)(F)F)(C(F)(F)F)S(=O)(=O)[O-])C12CC3CC(CC(C3)C1)C2. The zero-order valence-electron chi connectivity index (χ0n) is 13.2. The van der Waals surface area contributed by atoms with E-state index in [4.69, 9.17) is 0 Å². The molecule has 12 heteroatoms. The molecule has 150 valence electrons. The van der Waals surface area contributed by atoms with Crippen LogP contribution in [0.15, 0.2) is 0 Å². The summed E-state index contributed by atoms with van der Waals surface area (Å²) in [5.74, 6) is -1.97. The summed E-state index contributed by atoms with van der Waals surface area (Å²) in [6.07, 6.45) is -11.0. The monoisotopic (exact) mass is 409 g/mol. The molecule has 0 aliphatic heterocycles. The van der Waals surface area contributed by atoms with E-state index in [0.29, 0.717) is 0 Å². The van der Waals surface area contributed by atoms with Gasteiger partial charge in [-0.15, -0.1) is 0 Å². The molecule has 26 heavy (non-hydrogen) atoms. The first kappa shape index (κ1) is 19.7. The summed E-state index contributed by atoms with van der Waals surface area (Å²) in [7, 11) is -7.15. The van der Waals surface area contributed by atoms with Gasteiger partial charge in [0.05, 0.1) is 5.41 Å². The number of hydrogen-bond donors (Lipinski definition) is 0. The van der Waals surface area contributed by atoms with Crippen LogP contribution >= 0.6 is 0 Å². The van der Waals surface area contributed by atoms with E-state index in [1.54, 1.807) is 0 Å². The van der Waals surface area contributed by atoms with E-state index in [1.165, 1.54) is 0 Å². The van der Waals surface area contributed by atoms with Crippen LogP contribution in [0.2, 0.25) is 0 Å². The second-order valence-electron chi connectivity index (χ2n) is 7.65. The lowest BCUT2D eigenvalue weighted by atomic mass is 9.49. The first-order valence-electron chi connectivity index (χ1n) is 7.94. The van der Waals surface area contributed by atoms with Crippen LogP contribution < -0.4 is 0 Å². The van der Waals surface area contributed by atoms with Crippen molar-refractivity contribution in [3.05, 3.63) is 0 Å². The minimum Gasteiger partial charge on any atom is -0.744 e. The van der Waals surface area contributed by atoms with Crippen LogP contribution in [-0.2, 0) is 19.6 Å². The molecule has 5 nitrogen and oxygen atoms in total. The lowest BCUT2D eigenvalue weighted by molar-refractivity contribution is -0.339. The van der Waals surface area contributed by atoms with E-state index in [1.807, 2.05) is 0 Å².